The molecule has 5 heteroatoms. The quantitative estimate of drug-likeness (QED) is 0.500. The molecule has 0 saturated heterocycles. The van der Waals surface area contributed by atoms with Crippen LogP contribution < -0.4 is 0 Å². The molecule has 0 amide bonds. The number of phenolic OH excluding ortho intramolecular Hbond substituents is 1. The summed E-state index contributed by atoms with van der Waals surface area (Å²) in [4.78, 5) is 10.1. The normalized spacial score (nSPS) is 10.5. The fourth-order valence-electron chi connectivity index (χ4n) is 1.39. The van der Waals surface area contributed by atoms with Crippen molar-refractivity contribution in [1.29, 1.82) is 0 Å². The van der Waals surface area contributed by atoms with Gasteiger partial charge in [0.05, 0.1) is 8.49 Å². The molecule has 0 aromatic heterocycles. The van der Waals surface area contributed by atoms with Crippen molar-refractivity contribution in [2.45, 2.75) is 0 Å². The van der Waals surface area contributed by atoms with Gasteiger partial charge in [-0.15, -0.1) is 0 Å². The first-order valence-electron chi connectivity index (χ1n) is 4.15. The number of phenols is 1. The van der Waals surface area contributed by atoms with E-state index in [0.717, 1.165) is 3.57 Å². The van der Waals surface area contributed by atoms with Crippen molar-refractivity contribution in [2.75, 3.05) is 0 Å². The van der Waals surface area contributed by atoms with Gasteiger partial charge in [-0.25, -0.2) is 0 Å². The molecule has 2 aromatic rings. The van der Waals surface area contributed by atoms with Crippen molar-refractivity contribution in [2.24, 2.45) is 0 Å². The van der Waals surface area contributed by atoms with Crippen molar-refractivity contribution >= 4 is 39.1 Å². The first kappa shape index (κ1) is 10.2. The molecule has 0 spiro atoms. The third kappa shape index (κ3) is 1.74. The molecule has 2 rings (SSSR count). The Morgan fingerprint density at radius 1 is 1.27 bits per heavy atom. The second-order valence-corrected chi connectivity index (χ2v) is 4.22. The highest BCUT2D eigenvalue weighted by Crippen LogP contribution is 2.31. The van der Waals surface area contributed by atoms with Crippen molar-refractivity contribution in [3.8, 4) is 5.75 Å². The minimum absolute atomic E-state index is 0.0307. The topological polar surface area (TPSA) is 63.4 Å². The van der Waals surface area contributed by atoms with Crippen LogP contribution in [0.15, 0.2) is 30.3 Å². The number of benzene rings is 2. The maximum atomic E-state index is 10.5. The molecule has 2 aromatic carbocycles. The van der Waals surface area contributed by atoms with Crippen LogP contribution in [-0.4, -0.2) is 10.0 Å². The Kier molecular flexibility index (Phi) is 2.47. The van der Waals surface area contributed by atoms with Crippen molar-refractivity contribution in [1.82, 2.24) is 0 Å². The van der Waals surface area contributed by atoms with E-state index in [1.165, 1.54) is 12.1 Å². The van der Waals surface area contributed by atoms with Crippen molar-refractivity contribution in [3.05, 3.63) is 44.0 Å². The van der Waals surface area contributed by atoms with Crippen LogP contribution in [0.3, 0.4) is 0 Å². The molecular weight excluding hydrogens is 309 g/mol. The molecule has 0 aliphatic carbocycles. The van der Waals surface area contributed by atoms with Gasteiger partial charge in [0.15, 0.2) is 0 Å². The Bertz CT molecular complexity index is 554. The average molecular weight is 315 g/mol. The molecule has 0 atom stereocenters. The molecule has 0 bridgehead atoms. The number of hydrogen-bond donors (Lipinski definition) is 1. The van der Waals surface area contributed by atoms with E-state index in [1.54, 1.807) is 18.2 Å². The van der Waals surface area contributed by atoms with Crippen molar-refractivity contribution < 1.29 is 10.0 Å². The number of nitrogens with zero attached hydrogens (tertiary/aromatic N) is 1. The molecule has 0 aliphatic rings. The van der Waals surface area contributed by atoms with Crippen LogP contribution in [0.5, 0.6) is 5.75 Å². The maximum absolute atomic E-state index is 10.5. The molecule has 0 radical (unpaired) electrons. The molecule has 76 valence electrons. The highest BCUT2D eigenvalue weighted by atomic mass is 127. The van der Waals surface area contributed by atoms with Crippen LogP contribution in [0.25, 0.3) is 10.8 Å². The van der Waals surface area contributed by atoms with Crippen LogP contribution in [0.4, 0.5) is 5.69 Å². The third-order valence-electron chi connectivity index (χ3n) is 2.14. The zero-order valence-electron chi connectivity index (χ0n) is 7.48. The molecule has 0 heterocycles. The fourth-order valence-corrected chi connectivity index (χ4v) is 1.86. The van der Waals surface area contributed by atoms with Crippen molar-refractivity contribution in [3.63, 3.8) is 0 Å². The minimum Gasteiger partial charge on any atom is -0.506 e. The second-order valence-electron chi connectivity index (χ2n) is 3.06. The number of aromatic hydroxyl groups is 1. The van der Waals surface area contributed by atoms with Gasteiger partial charge >= 0.3 is 0 Å². The van der Waals surface area contributed by atoms with Crippen LogP contribution in [0, 0.1) is 13.7 Å². The standard InChI is InChI=1S/C10H6INO3/c11-9-4-1-6-5-7(12(14)15)2-3-8(6)10(9)13/h1-5,13H. The Hall–Kier alpha value is -1.37. The highest BCUT2D eigenvalue weighted by Gasteiger charge is 2.09. The average Bonchev–Trinajstić information content (AvgIpc) is 2.23. The molecule has 0 aliphatic heterocycles. The smallest absolute Gasteiger partial charge is 0.270 e. The lowest BCUT2D eigenvalue weighted by Crippen LogP contribution is -1.87. The van der Waals surface area contributed by atoms with Gasteiger partial charge in [-0.3, -0.25) is 10.1 Å². The van der Waals surface area contributed by atoms with Gasteiger partial charge in [0.2, 0.25) is 0 Å². The number of hydrogen-bond acceptors (Lipinski definition) is 3. The zero-order chi connectivity index (χ0) is 11.0. The highest BCUT2D eigenvalue weighted by molar-refractivity contribution is 14.1. The number of fused-ring (bicyclic) bond motifs is 1. The van der Waals surface area contributed by atoms with Crippen LogP contribution in [0.2, 0.25) is 0 Å². The summed E-state index contributed by atoms with van der Waals surface area (Å²) in [5, 5.41) is 21.5. The van der Waals surface area contributed by atoms with Gasteiger partial charge < -0.3 is 5.11 Å². The first-order chi connectivity index (χ1) is 7.09. The van der Waals surface area contributed by atoms with Crippen LogP contribution in [-0.2, 0) is 0 Å². The van der Waals surface area contributed by atoms with E-state index in [4.69, 9.17) is 0 Å². The summed E-state index contributed by atoms with van der Waals surface area (Å²) in [7, 11) is 0. The Morgan fingerprint density at radius 2 is 2.00 bits per heavy atom. The number of rotatable bonds is 1. The summed E-state index contributed by atoms with van der Waals surface area (Å²) < 4.78 is 0.731. The monoisotopic (exact) mass is 315 g/mol. The Morgan fingerprint density at radius 3 is 2.67 bits per heavy atom. The van der Waals surface area contributed by atoms with E-state index < -0.39 is 4.92 Å². The Labute approximate surface area is 98.8 Å². The van der Waals surface area contributed by atoms with E-state index in [1.807, 2.05) is 22.6 Å². The van der Waals surface area contributed by atoms with E-state index in [9.17, 15) is 15.2 Å². The SMILES string of the molecule is O=[N+]([O-])c1ccc2c(O)c(I)ccc2c1. The van der Waals surface area contributed by atoms with Gasteiger partial charge in [0.25, 0.3) is 5.69 Å². The molecule has 4 nitrogen and oxygen atoms in total. The van der Waals surface area contributed by atoms with Gasteiger partial charge in [-0.1, -0.05) is 6.07 Å². The summed E-state index contributed by atoms with van der Waals surface area (Å²) in [5.41, 5.74) is 0.0307. The van der Waals surface area contributed by atoms with E-state index >= 15 is 0 Å². The summed E-state index contributed by atoms with van der Waals surface area (Å²) >= 11 is 2.01. The van der Waals surface area contributed by atoms with E-state index in [-0.39, 0.29) is 11.4 Å². The largest absolute Gasteiger partial charge is 0.506 e. The lowest BCUT2D eigenvalue weighted by atomic mass is 10.1. The fraction of sp³-hybridized carbons (Fsp3) is 0. The van der Waals surface area contributed by atoms with Gasteiger partial charge in [0.1, 0.15) is 5.75 Å². The predicted molar refractivity (Wildman–Crippen MR) is 65.0 cm³/mol. The number of non-ortho nitro benzene ring substituents is 1. The molecular formula is C10H6INO3. The molecule has 0 fully saturated rings. The van der Waals surface area contributed by atoms with Crippen LogP contribution in [0.1, 0.15) is 0 Å². The Balaban J connectivity index is 2.75. The predicted octanol–water partition coefficient (Wildman–Crippen LogP) is 3.06. The molecule has 0 unspecified atom stereocenters. The third-order valence-corrected chi connectivity index (χ3v) is 3.01. The number of halogens is 1. The lowest BCUT2D eigenvalue weighted by molar-refractivity contribution is -0.384. The van der Waals surface area contributed by atoms with E-state index in [2.05, 4.69) is 0 Å². The van der Waals surface area contributed by atoms with Gasteiger partial charge in [0, 0.05) is 17.5 Å². The van der Waals surface area contributed by atoms with Gasteiger partial charge in [-0.05, 0) is 40.1 Å². The number of nitro benzene ring substituents is 1. The number of nitro groups is 1. The summed E-state index contributed by atoms with van der Waals surface area (Å²) in [6.07, 6.45) is 0. The summed E-state index contributed by atoms with van der Waals surface area (Å²) in [6, 6.07) is 7.88. The zero-order valence-corrected chi connectivity index (χ0v) is 9.63. The lowest BCUT2D eigenvalue weighted by Gasteiger charge is -2.02. The molecule has 1 N–H and O–H groups in total. The van der Waals surface area contributed by atoms with E-state index in [0.29, 0.717) is 10.8 Å². The summed E-state index contributed by atoms with van der Waals surface area (Å²) in [6.45, 7) is 0. The first-order valence-corrected chi connectivity index (χ1v) is 5.23. The second kappa shape index (κ2) is 3.65. The molecule has 0 saturated carbocycles. The molecule has 15 heavy (non-hydrogen) atoms. The van der Waals surface area contributed by atoms with Gasteiger partial charge in [-0.2, -0.15) is 0 Å². The minimum atomic E-state index is -0.450. The summed E-state index contributed by atoms with van der Waals surface area (Å²) in [5.74, 6) is 0.169. The van der Waals surface area contributed by atoms with Crippen LogP contribution >= 0.6 is 22.6 Å². The maximum Gasteiger partial charge on any atom is 0.270 e.